The number of benzene rings is 2. The highest BCUT2D eigenvalue weighted by molar-refractivity contribution is 6.07. The first-order valence-electron chi connectivity index (χ1n) is 7.35. The highest BCUT2D eigenvalue weighted by atomic mass is 16.5. The Kier molecular flexibility index (Phi) is 3.16. The van der Waals surface area contributed by atoms with Gasteiger partial charge in [0.25, 0.3) is 0 Å². The number of carbonyl (C=O) groups is 1. The van der Waals surface area contributed by atoms with Gasteiger partial charge in [0.2, 0.25) is 0 Å². The molecule has 0 N–H and O–H groups in total. The molecule has 4 rings (SSSR count). The van der Waals surface area contributed by atoms with Crippen molar-refractivity contribution in [2.75, 3.05) is 7.11 Å². The Morgan fingerprint density at radius 3 is 2.87 bits per heavy atom. The molecule has 3 aromatic rings. The maximum atomic E-state index is 12.3. The van der Waals surface area contributed by atoms with Crippen LogP contribution >= 0.6 is 0 Å². The molecule has 0 aliphatic carbocycles. The molecule has 1 atom stereocenters. The number of rotatable bonds is 2. The Bertz CT molecular complexity index is 986. The second kappa shape index (κ2) is 5.21. The maximum Gasteiger partial charge on any atom is 0.344 e. The van der Waals surface area contributed by atoms with Gasteiger partial charge < -0.3 is 13.9 Å². The summed E-state index contributed by atoms with van der Waals surface area (Å²) in [6.45, 7) is 0.418. The number of methoxy groups -OCH3 is 1. The zero-order chi connectivity index (χ0) is 16.0. The zero-order valence-electron chi connectivity index (χ0n) is 12.5. The second-order valence-corrected chi connectivity index (χ2v) is 5.53. The average molecular weight is 310 g/mol. The van der Waals surface area contributed by atoms with E-state index in [9.17, 15) is 9.59 Å². The molecule has 2 aromatic carbocycles. The van der Waals surface area contributed by atoms with Crippen LogP contribution in [0.1, 0.15) is 23.7 Å². The van der Waals surface area contributed by atoms with E-state index in [0.717, 1.165) is 21.9 Å². The molecular weight excluding hydrogens is 296 g/mol. The summed E-state index contributed by atoms with van der Waals surface area (Å²) < 4.78 is 15.9. The minimum absolute atomic E-state index is 0.122. The van der Waals surface area contributed by atoms with Crippen molar-refractivity contribution in [2.45, 2.75) is 19.1 Å². The third-order valence-corrected chi connectivity index (χ3v) is 4.26. The molecular formula is C18H14O5. The number of hydrogen-bond acceptors (Lipinski definition) is 5. The number of hydrogen-bond donors (Lipinski definition) is 0. The lowest BCUT2D eigenvalue weighted by atomic mass is 9.94. The van der Waals surface area contributed by atoms with Gasteiger partial charge in [0.15, 0.2) is 0 Å². The molecule has 1 aliphatic rings. The highest BCUT2D eigenvalue weighted by Crippen LogP contribution is 2.40. The van der Waals surface area contributed by atoms with Gasteiger partial charge in [-0.2, -0.15) is 0 Å². The minimum atomic E-state index is -0.411. The SMILES string of the molecule is COC(=O)CC1OCc2ccc3c(=O)oc4ccccc4c3c21. The van der Waals surface area contributed by atoms with Crippen LogP contribution < -0.4 is 5.63 Å². The Balaban J connectivity index is 2.06. The normalized spacial score (nSPS) is 16.7. The van der Waals surface area contributed by atoms with Gasteiger partial charge in [0.1, 0.15) is 5.58 Å². The summed E-state index contributed by atoms with van der Waals surface area (Å²) in [6.07, 6.45) is -0.289. The molecule has 0 bridgehead atoms. The Labute approximate surface area is 131 Å². The van der Waals surface area contributed by atoms with Crippen molar-refractivity contribution in [3.8, 4) is 0 Å². The summed E-state index contributed by atoms with van der Waals surface area (Å²) in [5.74, 6) is -0.341. The van der Waals surface area contributed by atoms with Gasteiger partial charge in [-0.1, -0.05) is 24.3 Å². The van der Waals surface area contributed by atoms with Crippen molar-refractivity contribution < 1.29 is 18.7 Å². The summed E-state index contributed by atoms with van der Waals surface area (Å²) in [7, 11) is 1.35. The van der Waals surface area contributed by atoms with Crippen LogP contribution in [0.25, 0.3) is 21.7 Å². The summed E-state index contributed by atoms with van der Waals surface area (Å²) in [4.78, 5) is 23.9. The minimum Gasteiger partial charge on any atom is -0.469 e. The summed E-state index contributed by atoms with van der Waals surface area (Å²) in [5.41, 5.74) is 2.02. The van der Waals surface area contributed by atoms with E-state index in [1.54, 1.807) is 12.1 Å². The lowest BCUT2D eigenvalue weighted by Gasteiger charge is -2.13. The van der Waals surface area contributed by atoms with E-state index in [4.69, 9.17) is 13.9 Å². The van der Waals surface area contributed by atoms with E-state index >= 15 is 0 Å². The summed E-state index contributed by atoms with van der Waals surface area (Å²) in [5, 5.41) is 2.16. The monoisotopic (exact) mass is 310 g/mol. The molecule has 2 heterocycles. The van der Waals surface area contributed by atoms with Gasteiger partial charge in [-0.05, 0) is 23.3 Å². The van der Waals surface area contributed by atoms with Crippen molar-refractivity contribution in [3.63, 3.8) is 0 Å². The third kappa shape index (κ3) is 2.12. The van der Waals surface area contributed by atoms with Crippen molar-refractivity contribution in [2.24, 2.45) is 0 Å². The summed E-state index contributed by atoms with van der Waals surface area (Å²) >= 11 is 0. The Morgan fingerprint density at radius 2 is 2.04 bits per heavy atom. The molecule has 1 aromatic heterocycles. The van der Waals surface area contributed by atoms with Crippen LogP contribution in [0.4, 0.5) is 0 Å². The van der Waals surface area contributed by atoms with Crippen molar-refractivity contribution in [3.05, 3.63) is 57.9 Å². The predicted octanol–water partition coefficient (Wildman–Crippen LogP) is 3.08. The lowest BCUT2D eigenvalue weighted by Crippen LogP contribution is -2.09. The predicted molar refractivity (Wildman–Crippen MR) is 84.2 cm³/mol. The van der Waals surface area contributed by atoms with Crippen LogP contribution in [-0.4, -0.2) is 13.1 Å². The van der Waals surface area contributed by atoms with Crippen LogP contribution in [0.3, 0.4) is 0 Å². The van der Waals surface area contributed by atoms with Crippen LogP contribution in [0.15, 0.2) is 45.6 Å². The molecule has 116 valence electrons. The Hall–Kier alpha value is -2.66. The van der Waals surface area contributed by atoms with E-state index in [-0.39, 0.29) is 18.0 Å². The number of ether oxygens (including phenoxy) is 2. The molecule has 1 unspecified atom stereocenters. The molecule has 5 heteroatoms. The van der Waals surface area contributed by atoms with E-state index < -0.39 is 6.10 Å². The summed E-state index contributed by atoms with van der Waals surface area (Å²) in [6, 6.07) is 11.0. The van der Waals surface area contributed by atoms with Crippen molar-refractivity contribution in [1.82, 2.24) is 0 Å². The fraction of sp³-hybridized carbons (Fsp3) is 0.222. The van der Waals surface area contributed by atoms with Crippen molar-refractivity contribution >= 4 is 27.7 Å². The second-order valence-electron chi connectivity index (χ2n) is 5.53. The zero-order valence-corrected chi connectivity index (χ0v) is 12.5. The average Bonchev–Trinajstić information content (AvgIpc) is 2.97. The van der Waals surface area contributed by atoms with Crippen LogP contribution in [0.2, 0.25) is 0 Å². The van der Waals surface area contributed by atoms with E-state index in [0.29, 0.717) is 17.6 Å². The van der Waals surface area contributed by atoms with Gasteiger partial charge in [-0.3, -0.25) is 4.79 Å². The fourth-order valence-corrected chi connectivity index (χ4v) is 3.20. The standard InChI is InChI=1S/C18H14O5/c1-21-15(19)8-14-16-10(9-22-14)6-7-12-17(16)11-4-2-3-5-13(11)23-18(12)20/h2-7,14H,8-9H2,1H3. The highest BCUT2D eigenvalue weighted by Gasteiger charge is 2.29. The fourth-order valence-electron chi connectivity index (χ4n) is 3.20. The van der Waals surface area contributed by atoms with Gasteiger partial charge >= 0.3 is 11.6 Å². The first-order chi connectivity index (χ1) is 11.2. The Morgan fingerprint density at radius 1 is 1.22 bits per heavy atom. The topological polar surface area (TPSA) is 65.7 Å². The molecule has 1 aliphatic heterocycles. The van der Waals surface area contributed by atoms with Crippen LogP contribution in [-0.2, 0) is 20.9 Å². The number of carbonyl (C=O) groups excluding carboxylic acids is 1. The molecule has 0 spiro atoms. The number of esters is 1. The quantitative estimate of drug-likeness (QED) is 0.413. The first-order valence-corrected chi connectivity index (χ1v) is 7.35. The molecule has 0 fully saturated rings. The third-order valence-electron chi connectivity index (χ3n) is 4.26. The van der Waals surface area contributed by atoms with E-state index in [1.165, 1.54) is 7.11 Å². The van der Waals surface area contributed by atoms with Gasteiger partial charge in [0, 0.05) is 10.8 Å². The number of fused-ring (bicyclic) bond motifs is 5. The van der Waals surface area contributed by atoms with Gasteiger partial charge in [-0.15, -0.1) is 0 Å². The number of para-hydroxylation sites is 1. The first kappa shape index (κ1) is 14.0. The maximum absolute atomic E-state index is 12.3. The van der Waals surface area contributed by atoms with Gasteiger partial charge in [0.05, 0.1) is 31.6 Å². The largest absolute Gasteiger partial charge is 0.469 e. The molecule has 0 amide bonds. The molecule has 0 radical (unpaired) electrons. The van der Waals surface area contributed by atoms with Crippen LogP contribution in [0, 0.1) is 0 Å². The van der Waals surface area contributed by atoms with E-state index in [1.807, 2.05) is 24.3 Å². The molecule has 23 heavy (non-hydrogen) atoms. The van der Waals surface area contributed by atoms with E-state index in [2.05, 4.69) is 0 Å². The van der Waals surface area contributed by atoms with Crippen LogP contribution in [0.5, 0.6) is 0 Å². The molecule has 5 nitrogen and oxygen atoms in total. The smallest absolute Gasteiger partial charge is 0.344 e. The van der Waals surface area contributed by atoms with Crippen molar-refractivity contribution in [1.29, 1.82) is 0 Å². The lowest BCUT2D eigenvalue weighted by molar-refractivity contribution is -0.143. The molecule has 0 saturated carbocycles. The molecule has 0 saturated heterocycles. The van der Waals surface area contributed by atoms with Gasteiger partial charge in [-0.25, -0.2) is 4.79 Å².